The lowest BCUT2D eigenvalue weighted by atomic mass is 9.45. The first kappa shape index (κ1) is 25.2. The molecule has 0 amide bonds. The molecule has 0 heterocycles. The average Bonchev–Trinajstić information content (AvgIpc) is 2.99. The summed E-state index contributed by atoms with van der Waals surface area (Å²) in [7, 11) is 0. The zero-order chi connectivity index (χ0) is 25.3. The normalized spacial score (nSPS) is 45.2. The fraction of sp³-hybridized carbons (Fsp3) is 0.680. The van der Waals surface area contributed by atoms with E-state index in [4.69, 9.17) is 4.74 Å². The van der Waals surface area contributed by atoms with Gasteiger partial charge in [0.15, 0.2) is 22.8 Å². The average molecular weight is 499 g/mol. The molecule has 4 rings (SSSR count). The van der Waals surface area contributed by atoms with Crippen molar-refractivity contribution in [2.75, 3.05) is 6.01 Å². The van der Waals surface area contributed by atoms with Gasteiger partial charge in [-0.2, -0.15) is 0 Å². The van der Waals surface area contributed by atoms with Gasteiger partial charge in [-0.3, -0.25) is 19.2 Å². The van der Waals surface area contributed by atoms with Crippen molar-refractivity contribution >= 4 is 34.4 Å². The number of thioether (sulfide) groups is 1. The van der Waals surface area contributed by atoms with Crippen LogP contribution in [0.15, 0.2) is 23.8 Å². The maximum Gasteiger partial charge on any atom is 0.306 e. The molecule has 4 aliphatic rings. The van der Waals surface area contributed by atoms with Crippen LogP contribution >= 0.6 is 11.8 Å². The van der Waals surface area contributed by atoms with E-state index < -0.39 is 81.1 Å². The predicted octanol–water partition coefficient (Wildman–Crippen LogP) is 4.64. The molecule has 0 saturated heterocycles. The van der Waals surface area contributed by atoms with Crippen molar-refractivity contribution in [3.05, 3.63) is 23.8 Å². The topological polar surface area (TPSA) is 77.5 Å². The molecule has 9 heteroatoms. The highest BCUT2D eigenvalue weighted by Gasteiger charge is 2.78. The molecule has 0 N–H and O–H groups in total. The molecule has 3 fully saturated rings. The molecule has 0 aliphatic heterocycles. The molecule has 0 radical (unpaired) electrons. The highest BCUT2D eigenvalue weighted by atomic mass is 32.2. The molecule has 34 heavy (non-hydrogen) atoms. The number of esters is 1. The predicted molar refractivity (Wildman–Crippen MR) is 120 cm³/mol. The molecule has 0 aromatic rings. The minimum Gasteiger partial charge on any atom is -0.449 e. The second-order valence-electron chi connectivity index (χ2n) is 10.4. The third kappa shape index (κ3) is 2.94. The van der Waals surface area contributed by atoms with Gasteiger partial charge in [-0.05, 0) is 55.2 Å². The van der Waals surface area contributed by atoms with Crippen LogP contribution in [0.1, 0.15) is 53.4 Å². The number of hydrogen-bond acceptors (Lipinski definition) is 6. The standard InChI is InChI=1S/C25H29F3O5S/c1-5-20(31)33-25(21(32)34-12-26)13(2)8-15-16-10-18(27)17-9-14(29)6-7-22(17,3)24(16,28)19(30)11-23(15,25)4/h6-7,9,13,15-16,18H,5,8,10-12H2,1-4H3/t13-,15+,16+,18+,22+,23+,24+,25-/m1/s1. The number of ether oxygens (including phenoxy) is 1. The zero-order valence-electron chi connectivity index (χ0n) is 19.7. The van der Waals surface area contributed by atoms with E-state index in [1.54, 1.807) is 20.8 Å². The van der Waals surface area contributed by atoms with E-state index in [0.717, 1.165) is 12.2 Å². The van der Waals surface area contributed by atoms with E-state index in [0.29, 0.717) is 11.8 Å². The maximum absolute atomic E-state index is 17.1. The van der Waals surface area contributed by atoms with E-state index in [2.05, 4.69) is 0 Å². The number of hydrogen-bond donors (Lipinski definition) is 0. The summed E-state index contributed by atoms with van der Waals surface area (Å²) in [6.45, 7) is 6.28. The fourth-order valence-electron chi connectivity index (χ4n) is 7.36. The fourth-order valence-corrected chi connectivity index (χ4v) is 8.15. The summed E-state index contributed by atoms with van der Waals surface area (Å²) in [6, 6.07) is -1.04. The van der Waals surface area contributed by atoms with E-state index in [9.17, 15) is 23.6 Å². The summed E-state index contributed by atoms with van der Waals surface area (Å²) in [5.41, 5.74) is -7.36. The van der Waals surface area contributed by atoms with E-state index in [-0.39, 0.29) is 24.8 Å². The van der Waals surface area contributed by atoms with Gasteiger partial charge in [-0.25, -0.2) is 13.2 Å². The van der Waals surface area contributed by atoms with Gasteiger partial charge in [0, 0.05) is 30.1 Å². The summed E-state index contributed by atoms with van der Waals surface area (Å²) < 4.78 is 51.6. The molecule has 0 aromatic heterocycles. The first-order valence-electron chi connectivity index (χ1n) is 11.6. The zero-order valence-corrected chi connectivity index (χ0v) is 20.5. The number of carbonyl (C=O) groups excluding carboxylic acids is 4. The van der Waals surface area contributed by atoms with Gasteiger partial charge in [-0.1, -0.05) is 26.8 Å². The second-order valence-corrected chi connectivity index (χ2v) is 11.3. The van der Waals surface area contributed by atoms with Crippen LogP contribution < -0.4 is 0 Å². The Balaban J connectivity index is 1.88. The molecule has 3 saturated carbocycles. The SMILES string of the molecule is CCC(=O)O[C@@]1(C(=O)SCF)[C@H](C)C[C@H]2[C@@H]3C[C@H](F)C4=CC(=O)C=C[C@]4(C)[C@@]3(F)C(=O)C[C@@]21C. The largest absolute Gasteiger partial charge is 0.449 e. The number of alkyl halides is 3. The minimum absolute atomic E-state index is 0.0369. The number of allylic oxidation sites excluding steroid dienone is 4. The van der Waals surface area contributed by atoms with Crippen molar-refractivity contribution in [2.24, 2.45) is 28.6 Å². The van der Waals surface area contributed by atoms with Crippen molar-refractivity contribution in [2.45, 2.75) is 70.8 Å². The minimum atomic E-state index is -2.50. The third-order valence-corrected chi connectivity index (χ3v) is 9.66. The number of carbonyl (C=O) groups is 4. The van der Waals surface area contributed by atoms with Crippen molar-refractivity contribution in [1.29, 1.82) is 0 Å². The first-order chi connectivity index (χ1) is 15.8. The maximum atomic E-state index is 17.1. The van der Waals surface area contributed by atoms with Gasteiger partial charge in [0.2, 0.25) is 5.12 Å². The van der Waals surface area contributed by atoms with Gasteiger partial charge in [-0.15, -0.1) is 0 Å². The Hall–Kier alpha value is -1.90. The van der Waals surface area contributed by atoms with Crippen molar-refractivity contribution in [1.82, 2.24) is 0 Å². The Morgan fingerprint density at radius 3 is 2.50 bits per heavy atom. The van der Waals surface area contributed by atoms with Crippen LogP contribution in [0.3, 0.4) is 0 Å². The second kappa shape index (κ2) is 8.07. The van der Waals surface area contributed by atoms with Gasteiger partial charge >= 0.3 is 5.97 Å². The van der Waals surface area contributed by atoms with E-state index in [1.807, 2.05) is 0 Å². The number of rotatable bonds is 4. The molecular formula is C25H29F3O5S. The molecule has 5 nitrogen and oxygen atoms in total. The lowest BCUT2D eigenvalue weighted by molar-refractivity contribution is -0.200. The van der Waals surface area contributed by atoms with Crippen molar-refractivity contribution < 1.29 is 37.1 Å². The van der Waals surface area contributed by atoms with Gasteiger partial charge in [0.05, 0.1) is 5.41 Å². The van der Waals surface area contributed by atoms with Crippen LogP contribution in [0.4, 0.5) is 13.2 Å². The molecule has 186 valence electrons. The quantitative estimate of drug-likeness (QED) is 0.526. The van der Waals surface area contributed by atoms with Crippen LogP contribution in [0, 0.1) is 28.6 Å². The van der Waals surface area contributed by atoms with Gasteiger partial charge < -0.3 is 4.74 Å². The summed E-state index contributed by atoms with van der Waals surface area (Å²) in [6.07, 6.45) is 1.29. The summed E-state index contributed by atoms with van der Waals surface area (Å²) in [4.78, 5) is 51.4. The highest BCUT2D eigenvalue weighted by Crippen LogP contribution is 2.71. The van der Waals surface area contributed by atoms with Gasteiger partial charge in [0.25, 0.3) is 0 Å². The van der Waals surface area contributed by atoms with Crippen molar-refractivity contribution in [3.8, 4) is 0 Å². The number of Topliss-reactive ketones (excluding diaryl/α,β-unsaturated/α-hetero) is 1. The lowest BCUT2D eigenvalue weighted by Gasteiger charge is -2.60. The number of halogens is 3. The highest BCUT2D eigenvalue weighted by molar-refractivity contribution is 8.13. The Morgan fingerprint density at radius 2 is 1.88 bits per heavy atom. The Kier molecular flexibility index (Phi) is 5.98. The van der Waals surface area contributed by atoms with E-state index in [1.165, 1.54) is 13.0 Å². The summed E-state index contributed by atoms with van der Waals surface area (Å²) in [5, 5.41) is -0.712. The summed E-state index contributed by atoms with van der Waals surface area (Å²) >= 11 is 0.366. The third-order valence-electron chi connectivity index (χ3n) is 8.98. The van der Waals surface area contributed by atoms with Crippen molar-refractivity contribution in [3.63, 3.8) is 0 Å². The molecule has 4 aliphatic carbocycles. The molecular weight excluding hydrogens is 469 g/mol. The molecule has 8 atom stereocenters. The molecule has 0 spiro atoms. The van der Waals surface area contributed by atoms with Crippen LogP contribution in [0.5, 0.6) is 0 Å². The Bertz CT molecular complexity index is 1030. The van der Waals surface area contributed by atoms with Crippen LogP contribution in [-0.4, -0.2) is 46.1 Å². The van der Waals surface area contributed by atoms with Crippen LogP contribution in [0.25, 0.3) is 0 Å². The number of fused-ring (bicyclic) bond motifs is 5. The van der Waals surface area contributed by atoms with Crippen LogP contribution in [0.2, 0.25) is 0 Å². The Labute approximate surface area is 200 Å². The van der Waals surface area contributed by atoms with Gasteiger partial charge in [0.1, 0.15) is 12.2 Å². The molecule has 0 bridgehead atoms. The Morgan fingerprint density at radius 1 is 1.21 bits per heavy atom. The summed E-state index contributed by atoms with van der Waals surface area (Å²) in [5.74, 6) is -4.38. The van der Waals surface area contributed by atoms with Crippen LogP contribution in [-0.2, 0) is 23.9 Å². The monoisotopic (exact) mass is 498 g/mol. The first-order valence-corrected chi connectivity index (χ1v) is 12.6. The smallest absolute Gasteiger partial charge is 0.306 e. The lowest BCUT2D eigenvalue weighted by Crippen LogP contribution is -2.69. The molecule has 0 aromatic carbocycles. The molecule has 0 unspecified atom stereocenters. The number of ketones is 2. The van der Waals surface area contributed by atoms with E-state index >= 15 is 8.78 Å².